The fourth-order valence-corrected chi connectivity index (χ4v) is 4.46. The summed E-state index contributed by atoms with van der Waals surface area (Å²) < 4.78 is 56.4. The predicted octanol–water partition coefficient (Wildman–Crippen LogP) is 3.97. The van der Waals surface area contributed by atoms with Crippen LogP contribution in [0.15, 0.2) is 48.8 Å². The first-order valence-electron chi connectivity index (χ1n) is 12.4. The van der Waals surface area contributed by atoms with Gasteiger partial charge in [-0.05, 0) is 54.7 Å². The van der Waals surface area contributed by atoms with Gasteiger partial charge < -0.3 is 15.4 Å². The summed E-state index contributed by atoms with van der Waals surface area (Å²) >= 11 is 0. The first kappa shape index (κ1) is 27.7. The summed E-state index contributed by atoms with van der Waals surface area (Å²) in [7, 11) is 1.82. The summed E-state index contributed by atoms with van der Waals surface area (Å²) in [5.74, 6) is -2.00. The SMILES string of the molecule is Cc1nc(-c2ccc3c(c2)CC[C@@H]3NC(=O)c2cc(C(=O)NCc3ccc(F)c(OC(F)(F)F)c3)ncn2)nn1C. The number of hydrogen-bond donors (Lipinski definition) is 2. The lowest BCUT2D eigenvalue weighted by Crippen LogP contribution is -2.29. The minimum absolute atomic E-state index is 0.0361. The van der Waals surface area contributed by atoms with Crippen molar-refractivity contribution in [3.05, 3.63) is 88.5 Å². The Morgan fingerprint density at radius 1 is 1.07 bits per heavy atom. The second kappa shape index (κ2) is 10.9. The lowest BCUT2D eigenvalue weighted by Gasteiger charge is -2.14. The van der Waals surface area contributed by atoms with Crippen molar-refractivity contribution in [2.24, 2.45) is 7.05 Å². The van der Waals surface area contributed by atoms with Crippen molar-refractivity contribution in [3.63, 3.8) is 0 Å². The first-order valence-corrected chi connectivity index (χ1v) is 12.4. The van der Waals surface area contributed by atoms with Crippen LogP contribution >= 0.6 is 0 Å². The average molecular weight is 570 g/mol. The zero-order valence-electron chi connectivity index (χ0n) is 21.8. The van der Waals surface area contributed by atoms with Crippen LogP contribution < -0.4 is 15.4 Å². The third-order valence-electron chi connectivity index (χ3n) is 6.57. The Balaban J connectivity index is 1.22. The molecule has 2 heterocycles. The van der Waals surface area contributed by atoms with Gasteiger partial charge in [0.05, 0.1) is 6.04 Å². The molecule has 2 aromatic heterocycles. The molecule has 0 bridgehead atoms. The summed E-state index contributed by atoms with van der Waals surface area (Å²) in [6.45, 7) is 1.63. The van der Waals surface area contributed by atoms with E-state index in [9.17, 15) is 27.2 Å². The highest BCUT2D eigenvalue weighted by Crippen LogP contribution is 2.34. The highest BCUT2D eigenvalue weighted by Gasteiger charge is 2.32. The summed E-state index contributed by atoms with van der Waals surface area (Å²) in [4.78, 5) is 37.9. The minimum atomic E-state index is -5.07. The average Bonchev–Trinajstić information content (AvgIpc) is 3.49. The quantitative estimate of drug-likeness (QED) is 0.323. The van der Waals surface area contributed by atoms with E-state index in [1.807, 2.05) is 32.2 Å². The topological polar surface area (TPSA) is 124 Å². The van der Waals surface area contributed by atoms with E-state index in [1.165, 1.54) is 12.1 Å². The Morgan fingerprint density at radius 2 is 1.83 bits per heavy atom. The number of hydrogen-bond acceptors (Lipinski definition) is 7. The number of benzene rings is 2. The number of aromatic nitrogens is 5. The van der Waals surface area contributed by atoms with Crippen molar-refractivity contribution >= 4 is 11.8 Å². The zero-order chi connectivity index (χ0) is 29.3. The van der Waals surface area contributed by atoms with Gasteiger partial charge in [-0.15, -0.1) is 13.2 Å². The number of nitrogens with zero attached hydrogens (tertiary/aromatic N) is 5. The lowest BCUT2D eigenvalue weighted by molar-refractivity contribution is -0.275. The van der Waals surface area contributed by atoms with Gasteiger partial charge in [-0.3, -0.25) is 14.3 Å². The molecule has 2 N–H and O–H groups in total. The number of alkyl halides is 3. The highest BCUT2D eigenvalue weighted by atomic mass is 19.4. The molecule has 0 radical (unpaired) electrons. The summed E-state index contributed by atoms with van der Waals surface area (Å²) in [5, 5.41) is 9.82. The fourth-order valence-electron chi connectivity index (χ4n) is 4.46. The van der Waals surface area contributed by atoms with E-state index in [2.05, 4.69) is 35.4 Å². The third-order valence-corrected chi connectivity index (χ3v) is 6.57. The number of fused-ring (bicyclic) bond motifs is 1. The van der Waals surface area contributed by atoms with Gasteiger partial charge in [0.15, 0.2) is 17.4 Å². The van der Waals surface area contributed by atoms with Crippen LogP contribution in [0.3, 0.4) is 0 Å². The summed E-state index contributed by atoms with van der Waals surface area (Å²) in [6, 6.07) is 9.65. The first-order chi connectivity index (χ1) is 19.5. The van der Waals surface area contributed by atoms with E-state index >= 15 is 0 Å². The van der Waals surface area contributed by atoms with Crippen LogP contribution in [0.25, 0.3) is 11.4 Å². The largest absolute Gasteiger partial charge is 0.573 e. The number of aryl methyl sites for hydroxylation is 3. The summed E-state index contributed by atoms with van der Waals surface area (Å²) in [5.41, 5.74) is 2.92. The predicted molar refractivity (Wildman–Crippen MR) is 136 cm³/mol. The number of ether oxygens (including phenoxy) is 1. The van der Waals surface area contributed by atoms with Crippen LogP contribution in [0.2, 0.25) is 0 Å². The molecule has 1 aliphatic rings. The molecule has 10 nitrogen and oxygen atoms in total. The molecular weight excluding hydrogens is 546 g/mol. The number of carbonyl (C=O) groups excluding carboxylic acids is 2. The van der Waals surface area contributed by atoms with Crippen LogP contribution in [0.5, 0.6) is 5.75 Å². The maximum Gasteiger partial charge on any atom is 0.573 e. The molecule has 0 unspecified atom stereocenters. The second-order valence-electron chi connectivity index (χ2n) is 9.37. The molecule has 212 valence electrons. The van der Waals surface area contributed by atoms with Crippen molar-refractivity contribution < 1.29 is 31.9 Å². The minimum Gasteiger partial charge on any atom is -0.403 e. The third kappa shape index (κ3) is 6.31. The molecule has 0 spiro atoms. The molecule has 1 atom stereocenters. The summed E-state index contributed by atoms with van der Waals surface area (Å²) in [6.07, 6.45) is -2.58. The molecule has 0 saturated carbocycles. The van der Waals surface area contributed by atoms with Gasteiger partial charge in [-0.2, -0.15) is 5.10 Å². The van der Waals surface area contributed by atoms with Crippen LogP contribution in [-0.2, 0) is 20.0 Å². The van der Waals surface area contributed by atoms with Crippen LogP contribution in [0.4, 0.5) is 17.6 Å². The van der Waals surface area contributed by atoms with E-state index in [4.69, 9.17) is 0 Å². The number of amides is 2. The van der Waals surface area contributed by atoms with Gasteiger partial charge in [0, 0.05) is 25.2 Å². The van der Waals surface area contributed by atoms with E-state index in [-0.39, 0.29) is 29.5 Å². The Bertz CT molecular complexity index is 1620. The molecule has 0 saturated heterocycles. The fraction of sp³-hybridized carbons (Fsp3) is 0.259. The van der Waals surface area contributed by atoms with Gasteiger partial charge >= 0.3 is 6.36 Å². The van der Waals surface area contributed by atoms with Gasteiger partial charge in [0.2, 0.25) is 0 Å². The van der Waals surface area contributed by atoms with E-state index in [1.54, 1.807) is 4.68 Å². The molecule has 2 amide bonds. The van der Waals surface area contributed by atoms with Crippen LogP contribution in [-0.4, -0.2) is 42.9 Å². The van der Waals surface area contributed by atoms with Gasteiger partial charge in [-0.1, -0.05) is 18.2 Å². The monoisotopic (exact) mass is 569 g/mol. The van der Waals surface area contributed by atoms with Crippen molar-refractivity contribution in [2.45, 2.75) is 38.7 Å². The molecule has 0 fully saturated rings. The molecule has 4 aromatic rings. The second-order valence-corrected chi connectivity index (χ2v) is 9.37. The number of nitrogens with one attached hydrogen (secondary N) is 2. The Morgan fingerprint density at radius 3 is 2.54 bits per heavy atom. The number of rotatable bonds is 7. The Labute approximate surface area is 230 Å². The normalized spacial score (nSPS) is 14.4. The van der Waals surface area contributed by atoms with E-state index in [0.717, 1.165) is 47.4 Å². The highest BCUT2D eigenvalue weighted by molar-refractivity contribution is 5.97. The lowest BCUT2D eigenvalue weighted by atomic mass is 10.0. The van der Waals surface area contributed by atoms with Gasteiger partial charge in [0.1, 0.15) is 23.5 Å². The molecule has 14 heteroatoms. The van der Waals surface area contributed by atoms with Crippen LogP contribution in [0, 0.1) is 12.7 Å². The van der Waals surface area contributed by atoms with Crippen molar-refractivity contribution in [3.8, 4) is 17.1 Å². The maximum absolute atomic E-state index is 13.6. The Kier molecular flexibility index (Phi) is 7.39. The van der Waals surface area contributed by atoms with E-state index < -0.39 is 29.7 Å². The molecule has 41 heavy (non-hydrogen) atoms. The standard InChI is InChI=1S/C27H23F4N7O3/c1-14-35-24(37-38(14)2)17-4-6-18-16(10-17)5-8-20(18)36-26(40)22-11-21(33-13-34-22)25(39)32-12-15-3-7-19(28)23(9-15)41-27(29,30)31/h3-4,6-7,9-11,13,20H,5,8,12H2,1-2H3,(H,32,39)(H,36,40)/t20-/m0/s1. The smallest absolute Gasteiger partial charge is 0.403 e. The van der Waals surface area contributed by atoms with Gasteiger partial charge in [0.25, 0.3) is 11.8 Å². The van der Waals surface area contributed by atoms with Gasteiger partial charge in [-0.25, -0.2) is 19.3 Å². The maximum atomic E-state index is 13.6. The number of carbonyl (C=O) groups is 2. The molecule has 1 aliphatic carbocycles. The molecule has 5 rings (SSSR count). The van der Waals surface area contributed by atoms with E-state index in [0.29, 0.717) is 12.2 Å². The number of halogens is 4. The van der Waals surface area contributed by atoms with Crippen molar-refractivity contribution in [1.82, 2.24) is 35.4 Å². The zero-order valence-corrected chi connectivity index (χ0v) is 21.8. The molecule has 0 aliphatic heterocycles. The van der Waals surface area contributed by atoms with Crippen molar-refractivity contribution in [1.29, 1.82) is 0 Å². The van der Waals surface area contributed by atoms with Crippen LogP contribution in [0.1, 0.15) is 56.0 Å². The molecule has 2 aromatic carbocycles. The Hall–Kier alpha value is -4.88. The van der Waals surface area contributed by atoms with Crippen molar-refractivity contribution in [2.75, 3.05) is 0 Å². The molecular formula is C27H23F4N7O3.